The van der Waals surface area contributed by atoms with Gasteiger partial charge in [-0.1, -0.05) is 65.2 Å². The quantitative estimate of drug-likeness (QED) is 0.400. The van der Waals surface area contributed by atoms with Crippen molar-refractivity contribution in [2.45, 2.75) is 97.8 Å². The first-order chi connectivity index (χ1) is 15.0. The summed E-state index contributed by atoms with van der Waals surface area (Å²) >= 11 is 0. The van der Waals surface area contributed by atoms with Crippen LogP contribution in [0.1, 0.15) is 96.5 Å². The van der Waals surface area contributed by atoms with Crippen LogP contribution in [0.4, 0.5) is 0 Å². The van der Waals surface area contributed by atoms with E-state index in [0.717, 1.165) is 61.8 Å². The minimum absolute atomic E-state index is 0.250. The van der Waals surface area contributed by atoms with Gasteiger partial charge < -0.3 is 0 Å². The molecule has 2 aromatic rings. The molecule has 0 aliphatic heterocycles. The molecule has 0 atom stereocenters. The second kappa shape index (κ2) is 13.0. The highest BCUT2D eigenvalue weighted by Gasteiger charge is 2.26. The largest absolute Gasteiger partial charge is 0.274 e. The Morgan fingerprint density at radius 1 is 0.903 bits per heavy atom. The number of imide groups is 1. The summed E-state index contributed by atoms with van der Waals surface area (Å²) in [4.78, 5) is 43.7. The van der Waals surface area contributed by atoms with Gasteiger partial charge in [0.2, 0.25) is 11.8 Å². The maximum Gasteiger partial charge on any atom is 0.274 e. The third-order valence-corrected chi connectivity index (χ3v) is 5.58. The van der Waals surface area contributed by atoms with E-state index in [2.05, 4.69) is 18.8 Å². The zero-order valence-electron chi connectivity index (χ0n) is 19.4. The average Bonchev–Trinajstić information content (AvgIpc) is 2.76. The van der Waals surface area contributed by atoms with Gasteiger partial charge in [0, 0.05) is 30.0 Å². The van der Waals surface area contributed by atoms with E-state index in [4.69, 9.17) is 0 Å². The molecular weight excluding hydrogens is 390 g/mol. The molecule has 2 aromatic heterocycles. The summed E-state index contributed by atoms with van der Waals surface area (Å²) in [5.74, 6) is -0.649. The summed E-state index contributed by atoms with van der Waals surface area (Å²) in [5, 5.41) is 1.81. The molecule has 2 amide bonds. The number of rotatable bonds is 13. The highest BCUT2D eigenvalue weighted by atomic mass is 16.2. The zero-order chi connectivity index (χ0) is 22.6. The van der Waals surface area contributed by atoms with Crippen molar-refractivity contribution < 1.29 is 9.59 Å². The Morgan fingerprint density at radius 2 is 1.45 bits per heavy atom. The molecule has 0 N–H and O–H groups in total. The number of nitrogens with zero attached hydrogens (tertiary/aromatic N) is 3. The van der Waals surface area contributed by atoms with E-state index in [0.29, 0.717) is 24.1 Å². The number of carbonyl (C=O) groups excluding carboxylic acids is 2. The van der Waals surface area contributed by atoms with Crippen LogP contribution in [0.15, 0.2) is 29.2 Å². The monoisotopic (exact) mass is 427 g/mol. The number of fused-ring (bicyclic) bond motifs is 1. The predicted octanol–water partition coefficient (Wildman–Crippen LogP) is 5.42. The third kappa shape index (κ3) is 7.01. The van der Waals surface area contributed by atoms with Crippen LogP contribution in [-0.2, 0) is 9.59 Å². The van der Waals surface area contributed by atoms with Crippen molar-refractivity contribution in [3.8, 4) is 0 Å². The summed E-state index contributed by atoms with van der Waals surface area (Å²) in [5.41, 5.74) is 0.457. The summed E-state index contributed by atoms with van der Waals surface area (Å²) in [6.07, 6.45) is 12.1. The van der Waals surface area contributed by atoms with Crippen LogP contribution in [0, 0.1) is 6.92 Å². The molecule has 0 aromatic carbocycles. The van der Waals surface area contributed by atoms with Gasteiger partial charge in [0.1, 0.15) is 0 Å². The molecule has 0 fully saturated rings. The highest BCUT2D eigenvalue weighted by molar-refractivity contribution is 6.09. The molecule has 0 aliphatic carbocycles. The van der Waals surface area contributed by atoms with Crippen LogP contribution in [0.5, 0.6) is 0 Å². The Bertz CT molecular complexity index is 894. The standard InChI is InChI=1S/C25H37N3O3/c1-4-6-8-10-12-16-22(29)27(23(30)17-13-11-9-7-5-2)28-24-21(15-14-18-26-24)19-20(3)25(28)31/h14-15,18-19H,4-13,16-17H2,1-3H3. The number of carbonyl (C=O) groups is 2. The molecule has 2 rings (SSSR count). The molecular formula is C25H37N3O3. The Labute approximate surface area is 185 Å². The van der Waals surface area contributed by atoms with E-state index in [-0.39, 0.29) is 30.2 Å². The van der Waals surface area contributed by atoms with E-state index in [1.54, 1.807) is 25.3 Å². The summed E-state index contributed by atoms with van der Waals surface area (Å²) in [7, 11) is 0. The van der Waals surface area contributed by atoms with Gasteiger partial charge in [-0.2, -0.15) is 9.69 Å². The fraction of sp³-hybridized carbons (Fsp3) is 0.600. The third-order valence-electron chi connectivity index (χ3n) is 5.58. The van der Waals surface area contributed by atoms with Crippen molar-refractivity contribution in [2.24, 2.45) is 0 Å². The van der Waals surface area contributed by atoms with Gasteiger partial charge >= 0.3 is 0 Å². The van der Waals surface area contributed by atoms with Crippen LogP contribution in [0.25, 0.3) is 11.0 Å². The Hall–Kier alpha value is -2.50. The van der Waals surface area contributed by atoms with Crippen LogP contribution in [-0.4, -0.2) is 21.5 Å². The van der Waals surface area contributed by atoms with Crippen LogP contribution < -0.4 is 10.6 Å². The van der Waals surface area contributed by atoms with Crippen molar-refractivity contribution >= 4 is 22.8 Å². The first-order valence-corrected chi connectivity index (χ1v) is 11.8. The number of hydrogen-bond donors (Lipinski definition) is 0. The van der Waals surface area contributed by atoms with Crippen LogP contribution >= 0.6 is 0 Å². The second-order valence-corrected chi connectivity index (χ2v) is 8.29. The second-order valence-electron chi connectivity index (χ2n) is 8.29. The van der Waals surface area contributed by atoms with Crippen molar-refractivity contribution in [2.75, 3.05) is 5.01 Å². The molecule has 0 saturated carbocycles. The lowest BCUT2D eigenvalue weighted by atomic mass is 10.1. The topological polar surface area (TPSA) is 72.3 Å². The lowest BCUT2D eigenvalue weighted by Gasteiger charge is -2.24. The number of amides is 2. The molecule has 0 unspecified atom stereocenters. The number of pyridine rings is 2. The Kier molecular flexibility index (Phi) is 10.4. The van der Waals surface area contributed by atoms with Crippen molar-refractivity contribution in [3.05, 3.63) is 40.3 Å². The molecule has 0 saturated heterocycles. The highest BCUT2D eigenvalue weighted by Crippen LogP contribution is 2.15. The molecule has 0 spiro atoms. The van der Waals surface area contributed by atoms with Gasteiger partial charge in [-0.15, -0.1) is 0 Å². The Balaban J connectivity index is 2.30. The Morgan fingerprint density at radius 3 is 2.00 bits per heavy atom. The maximum atomic E-state index is 13.2. The van der Waals surface area contributed by atoms with Gasteiger partial charge in [0.15, 0.2) is 5.65 Å². The zero-order valence-corrected chi connectivity index (χ0v) is 19.4. The van der Waals surface area contributed by atoms with Crippen molar-refractivity contribution in [1.29, 1.82) is 0 Å². The van der Waals surface area contributed by atoms with E-state index < -0.39 is 0 Å². The fourth-order valence-electron chi connectivity index (χ4n) is 3.78. The average molecular weight is 428 g/mol. The molecule has 170 valence electrons. The van der Waals surface area contributed by atoms with Gasteiger partial charge in [0.25, 0.3) is 5.56 Å². The SMILES string of the molecule is CCCCCCCC(=O)N(C(=O)CCCCCCC)n1c(=O)c(C)cc2cccnc21. The van der Waals surface area contributed by atoms with Gasteiger partial charge in [-0.3, -0.25) is 14.4 Å². The van der Waals surface area contributed by atoms with Crippen LogP contribution in [0.2, 0.25) is 0 Å². The van der Waals surface area contributed by atoms with Crippen molar-refractivity contribution in [1.82, 2.24) is 9.66 Å². The smallest absolute Gasteiger partial charge is 0.273 e. The number of hydrogen-bond acceptors (Lipinski definition) is 4. The summed E-state index contributed by atoms with van der Waals surface area (Å²) < 4.78 is 1.20. The molecule has 31 heavy (non-hydrogen) atoms. The maximum absolute atomic E-state index is 13.2. The lowest BCUT2D eigenvalue weighted by molar-refractivity contribution is -0.129. The van der Waals surface area contributed by atoms with E-state index in [1.807, 2.05) is 6.07 Å². The lowest BCUT2D eigenvalue weighted by Crippen LogP contribution is -2.51. The van der Waals surface area contributed by atoms with Gasteiger partial charge in [-0.25, -0.2) is 4.98 Å². The van der Waals surface area contributed by atoms with E-state index >= 15 is 0 Å². The number of unbranched alkanes of at least 4 members (excludes halogenated alkanes) is 8. The molecule has 6 heteroatoms. The predicted molar refractivity (Wildman–Crippen MR) is 126 cm³/mol. The molecule has 0 aliphatic rings. The van der Waals surface area contributed by atoms with Crippen molar-refractivity contribution in [3.63, 3.8) is 0 Å². The summed E-state index contributed by atoms with van der Waals surface area (Å²) in [6, 6.07) is 5.38. The fourth-order valence-corrected chi connectivity index (χ4v) is 3.78. The first kappa shape index (κ1) is 24.8. The number of aryl methyl sites for hydroxylation is 1. The first-order valence-electron chi connectivity index (χ1n) is 11.8. The molecule has 0 bridgehead atoms. The van der Waals surface area contributed by atoms with E-state index in [9.17, 15) is 14.4 Å². The molecule has 2 heterocycles. The molecule has 0 radical (unpaired) electrons. The minimum Gasteiger partial charge on any atom is -0.273 e. The molecule has 6 nitrogen and oxygen atoms in total. The van der Waals surface area contributed by atoms with E-state index in [1.165, 1.54) is 4.68 Å². The van der Waals surface area contributed by atoms with Gasteiger partial charge in [-0.05, 0) is 38.0 Å². The minimum atomic E-state index is -0.370. The summed E-state index contributed by atoms with van der Waals surface area (Å²) in [6.45, 7) is 6.00. The normalized spacial score (nSPS) is 11.1. The van der Waals surface area contributed by atoms with Gasteiger partial charge in [0.05, 0.1) is 0 Å². The number of aromatic nitrogens is 2. The van der Waals surface area contributed by atoms with Crippen LogP contribution in [0.3, 0.4) is 0 Å².